The Kier molecular flexibility index (Phi) is 4.95. The van der Waals surface area contributed by atoms with Crippen molar-refractivity contribution in [2.24, 2.45) is 5.92 Å². The Morgan fingerprint density at radius 3 is 3.00 bits per heavy atom. The standard InChI is InChI=1S/C15H20FNO3/c1-2-20-14-6-5-11(8-13(14)16)9-17-7-3-4-12(10-17)15(18)19/h5-6,8,12H,2-4,7,9-10H2,1H3,(H,18,19). The maximum atomic E-state index is 13.8. The second kappa shape index (κ2) is 6.70. The minimum Gasteiger partial charge on any atom is -0.491 e. The van der Waals surface area contributed by atoms with Crippen molar-refractivity contribution in [2.45, 2.75) is 26.3 Å². The monoisotopic (exact) mass is 281 g/mol. The molecule has 1 aliphatic heterocycles. The van der Waals surface area contributed by atoms with Gasteiger partial charge in [0, 0.05) is 13.1 Å². The molecule has 0 saturated carbocycles. The van der Waals surface area contributed by atoms with E-state index >= 15 is 0 Å². The Hall–Kier alpha value is -1.62. The summed E-state index contributed by atoms with van der Waals surface area (Å²) >= 11 is 0. The first-order valence-corrected chi connectivity index (χ1v) is 6.96. The average molecular weight is 281 g/mol. The van der Waals surface area contributed by atoms with Crippen LogP contribution in [0.1, 0.15) is 25.3 Å². The predicted octanol–water partition coefficient (Wildman–Crippen LogP) is 2.52. The summed E-state index contributed by atoms with van der Waals surface area (Å²) in [6, 6.07) is 4.93. The molecule has 0 radical (unpaired) electrons. The van der Waals surface area contributed by atoms with E-state index in [1.165, 1.54) is 6.07 Å². The first kappa shape index (κ1) is 14.8. The number of carboxylic acid groups (broad SMARTS) is 1. The van der Waals surface area contributed by atoms with Crippen LogP contribution < -0.4 is 4.74 Å². The molecule has 0 bridgehead atoms. The van der Waals surface area contributed by atoms with Gasteiger partial charge < -0.3 is 9.84 Å². The number of piperidine rings is 1. The highest BCUT2D eigenvalue weighted by Crippen LogP contribution is 2.22. The van der Waals surface area contributed by atoms with Gasteiger partial charge in [0.25, 0.3) is 0 Å². The van der Waals surface area contributed by atoms with Gasteiger partial charge in [0.2, 0.25) is 0 Å². The zero-order valence-corrected chi connectivity index (χ0v) is 11.6. The molecule has 0 aliphatic carbocycles. The lowest BCUT2D eigenvalue weighted by molar-refractivity contribution is -0.143. The Morgan fingerprint density at radius 2 is 2.35 bits per heavy atom. The molecule has 1 atom stereocenters. The molecular formula is C15H20FNO3. The maximum absolute atomic E-state index is 13.8. The third kappa shape index (κ3) is 3.70. The van der Waals surface area contributed by atoms with E-state index in [9.17, 15) is 9.18 Å². The Bertz CT molecular complexity index is 478. The third-order valence-electron chi connectivity index (χ3n) is 3.56. The summed E-state index contributed by atoms with van der Waals surface area (Å²) in [5.74, 6) is -1.15. The fraction of sp³-hybridized carbons (Fsp3) is 0.533. The number of ether oxygens (including phenoxy) is 1. The first-order chi connectivity index (χ1) is 9.60. The molecule has 0 spiro atoms. The zero-order chi connectivity index (χ0) is 14.5. The van der Waals surface area contributed by atoms with E-state index in [-0.39, 0.29) is 17.5 Å². The highest BCUT2D eigenvalue weighted by atomic mass is 19.1. The van der Waals surface area contributed by atoms with E-state index in [0.29, 0.717) is 19.7 Å². The van der Waals surface area contributed by atoms with Crippen molar-refractivity contribution >= 4 is 5.97 Å². The highest BCUT2D eigenvalue weighted by Gasteiger charge is 2.25. The normalized spacial score (nSPS) is 19.8. The van der Waals surface area contributed by atoms with Crippen molar-refractivity contribution in [1.29, 1.82) is 0 Å². The molecule has 110 valence electrons. The summed E-state index contributed by atoms with van der Waals surface area (Å²) in [6.07, 6.45) is 1.60. The van der Waals surface area contributed by atoms with Gasteiger partial charge in [-0.25, -0.2) is 4.39 Å². The lowest BCUT2D eigenvalue weighted by atomic mass is 9.98. The van der Waals surface area contributed by atoms with Crippen LogP contribution in [-0.2, 0) is 11.3 Å². The van der Waals surface area contributed by atoms with Crippen molar-refractivity contribution in [3.05, 3.63) is 29.6 Å². The Balaban J connectivity index is 1.99. The molecule has 1 unspecified atom stereocenters. The van der Waals surface area contributed by atoms with Gasteiger partial charge in [-0.2, -0.15) is 0 Å². The van der Waals surface area contributed by atoms with Gasteiger partial charge >= 0.3 is 5.97 Å². The van der Waals surface area contributed by atoms with Crippen LogP contribution in [0.5, 0.6) is 5.75 Å². The molecule has 1 aliphatic rings. The molecule has 1 heterocycles. The van der Waals surface area contributed by atoms with Crippen molar-refractivity contribution in [3.63, 3.8) is 0 Å². The predicted molar refractivity (Wildman–Crippen MR) is 73.2 cm³/mol. The molecule has 0 aromatic heterocycles. The zero-order valence-electron chi connectivity index (χ0n) is 11.6. The van der Waals surface area contributed by atoms with Crippen LogP contribution in [0.15, 0.2) is 18.2 Å². The van der Waals surface area contributed by atoms with Crippen molar-refractivity contribution in [3.8, 4) is 5.75 Å². The summed E-state index contributed by atoms with van der Waals surface area (Å²) in [7, 11) is 0. The van der Waals surface area contributed by atoms with Gasteiger partial charge in [0.15, 0.2) is 11.6 Å². The van der Waals surface area contributed by atoms with E-state index in [2.05, 4.69) is 4.90 Å². The van der Waals surface area contributed by atoms with Gasteiger partial charge in [0.05, 0.1) is 12.5 Å². The fourth-order valence-corrected chi connectivity index (χ4v) is 2.57. The lowest BCUT2D eigenvalue weighted by Crippen LogP contribution is -2.38. The Morgan fingerprint density at radius 1 is 1.55 bits per heavy atom. The smallest absolute Gasteiger partial charge is 0.307 e. The topological polar surface area (TPSA) is 49.8 Å². The minimum atomic E-state index is -0.743. The molecular weight excluding hydrogens is 261 g/mol. The first-order valence-electron chi connectivity index (χ1n) is 6.96. The number of likely N-dealkylation sites (tertiary alicyclic amines) is 1. The number of hydrogen-bond donors (Lipinski definition) is 1. The molecule has 1 N–H and O–H groups in total. The van der Waals surface area contributed by atoms with E-state index in [1.807, 2.05) is 13.0 Å². The van der Waals surface area contributed by atoms with E-state index in [4.69, 9.17) is 9.84 Å². The number of benzene rings is 1. The van der Waals surface area contributed by atoms with Crippen LogP contribution in [0.3, 0.4) is 0 Å². The van der Waals surface area contributed by atoms with Crippen LogP contribution in [0, 0.1) is 11.7 Å². The summed E-state index contributed by atoms with van der Waals surface area (Å²) in [5.41, 5.74) is 0.844. The number of carboxylic acids is 1. The van der Waals surface area contributed by atoms with Crippen molar-refractivity contribution in [1.82, 2.24) is 4.90 Å². The van der Waals surface area contributed by atoms with Gasteiger partial charge in [0.1, 0.15) is 0 Å². The third-order valence-corrected chi connectivity index (χ3v) is 3.56. The lowest BCUT2D eigenvalue weighted by Gasteiger charge is -2.30. The van der Waals surface area contributed by atoms with Crippen molar-refractivity contribution in [2.75, 3.05) is 19.7 Å². The summed E-state index contributed by atoms with van der Waals surface area (Å²) in [4.78, 5) is 13.1. The average Bonchev–Trinajstić information content (AvgIpc) is 2.42. The molecule has 2 rings (SSSR count). The molecule has 1 saturated heterocycles. The molecule has 1 aromatic rings. The van der Waals surface area contributed by atoms with Gasteiger partial charge in [-0.05, 0) is 44.0 Å². The van der Waals surface area contributed by atoms with Gasteiger partial charge in [-0.3, -0.25) is 9.69 Å². The summed E-state index contributed by atoms with van der Waals surface area (Å²) in [6.45, 7) is 4.21. The Labute approximate surface area is 118 Å². The summed E-state index contributed by atoms with van der Waals surface area (Å²) < 4.78 is 18.9. The number of aliphatic carboxylic acids is 1. The van der Waals surface area contributed by atoms with Crippen LogP contribution in [0.4, 0.5) is 4.39 Å². The minimum absolute atomic E-state index is 0.262. The molecule has 1 fully saturated rings. The molecule has 20 heavy (non-hydrogen) atoms. The van der Waals surface area contributed by atoms with Crippen LogP contribution in [-0.4, -0.2) is 35.7 Å². The van der Waals surface area contributed by atoms with Crippen LogP contribution in [0.2, 0.25) is 0 Å². The summed E-state index contributed by atoms with van der Waals surface area (Å²) in [5, 5.41) is 9.06. The molecule has 0 amide bonds. The molecule has 4 nitrogen and oxygen atoms in total. The SMILES string of the molecule is CCOc1ccc(CN2CCCC(C(=O)O)C2)cc1F. The number of nitrogens with zero attached hydrogens (tertiary/aromatic N) is 1. The maximum Gasteiger partial charge on any atom is 0.307 e. The van der Waals surface area contributed by atoms with Gasteiger partial charge in [-0.1, -0.05) is 6.07 Å². The fourth-order valence-electron chi connectivity index (χ4n) is 2.57. The highest BCUT2D eigenvalue weighted by molar-refractivity contribution is 5.70. The number of carbonyl (C=O) groups is 1. The second-order valence-electron chi connectivity index (χ2n) is 5.11. The van der Waals surface area contributed by atoms with Crippen LogP contribution >= 0.6 is 0 Å². The van der Waals surface area contributed by atoms with E-state index < -0.39 is 5.97 Å². The van der Waals surface area contributed by atoms with E-state index in [0.717, 1.165) is 24.9 Å². The quantitative estimate of drug-likeness (QED) is 0.901. The second-order valence-corrected chi connectivity index (χ2v) is 5.11. The number of halogens is 1. The van der Waals surface area contributed by atoms with E-state index in [1.54, 1.807) is 6.07 Å². The molecule has 1 aromatic carbocycles. The van der Waals surface area contributed by atoms with Gasteiger partial charge in [-0.15, -0.1) is 0 Å². The van der Waals surface area contributed by atoms with Crippen LogP contribution in [0.25, 0.3) is 0 Å². The number of hydrogen-bond acceptors (Lipinski definition) is 3. The largest absolute Gasteiger partial charge is 0.491 e. The van der Waals surface area contributed by atoms with Crippen molar-refractivity contribution < 1.29 is 19.0 Å². The molecule has 5 heteroatoms. The number of rotatable bonds is 5.